The molecule has 3 amide bonds. The van der Waals surface area contributed by atoms with E-state index < -0.39 is 29.7 Å². The highest BCUT2D eigenvalue weighted by Gasteiger charge is 2.21. The Labute approximate surface area is 128 Å². The third kappa shape index (κ3) is 5.63. The minimum atomic E-state index is -0.934. The molecule has 0 heterocycles. The van der Waals surface area contributed by atoms with Crippen LogP contribution in [0.25, 0.3) is 0 Å². The summed E-state index contributed by atoms with van der Waals surface area (Å²) in [6.07, 6.45) is 0.129. The molecule has 0 bridgehead atoms. The summed E-state index contributed by atoms with van der Waals surface area (Å²) in [6, 6.07) is 9.46. The summed E-state index contributed by atoms with van der Waals surface area (Å²) >= 11 is 0. The molecule has 1 aromatic carbocycles. The minimum Gasteiger partial charge on any atom is -0.368 e. The molecule has 7 nitrogen and oxygen atoms in total. The van der Waals surface area contributed by atoms with Crippen LogP contribution in [-0.2, 0) is 9.59 Å². The number of nitrogens with one attached hydrogen (secondary N) is 2. The molecule has 0 unspecified atom stereocenters. The van der Waals surface area contributed by atoms with Crippen LogP contribution in [0.2, 0.25) is 0 Å². The van der Waals surface area contributed by atoms with Gasteiger partial charge in [0.05, 0.1) is 12.6 Å². The average molecular weight is 302 g/mol. The maximum Gasteiger partial charge on any atom is 0.251 e. The molecule has 0 radical (unpaired) electrons. The van der Waals surface area contributed by atoms with Gasteiger partial charge >= 0.3 is 0 Å². The topological polar surface area (TPSA) is 125 Å². The predicted molar refractivity (Wildman–Crippen MR) is 79.3 cm³/mol. The predicted octanol–water partition coefficient (Wildman–Crippen LogP) is -0.0637. The van der Waals surface area contributed by atoms with Gasteiger partial charge in [0, 0.05) is 11.5 Å². The summed E-state index contributed by atoms with van der Waals surface area (Å²) in [4.78, 5) is 34.8. The Balaban J connectivity index is 2.49. The van der Waals surface area contributed by atoms with Crippen LogP contribution in [0.15, 0.2) is 30.3 Å². The minimum absolute atomic E-state index is 0.129. The van der Waals surface area contributed by atoms with Crippen molar-refractivity contribution < 1.29 is 14.4 Å². The van der Waals surface area contributed by atoms with Crippen LogP contribution in [0.5, 0.6) is 0 Å². The van der Waals surface area contributed by atoms with Crippen molar-refractivity contribution in [2.45, 2.75) is 19.4 Å². The van der Waals surface area contributed by atoms with Crippen molar-refractivity contribution in [2.75, 3.05) is 6.54 Å². The molecule has 0 aliphatic rings. The molecule has 116 valence electrons. The molecule has 0 fully saturated rings. The molecule has 0 saturated heterocycles. The van der Waals surface area contributed by atoms with Gasteiger partial charge in [-0.1, -0.05) is 18.2 Å². The van der Waals surface area contributed by atoms with E-state index >= 15 is 0 Å². The number of benzene rings is 1. The van der Waals surface area contributed by atoms with Crippen molar-refractivity contribution in [3.63, 3.8) is 0 Å². The number of nitriles is 1. The summed E-state index contributed by atoms with van der Waals surface area (Å²) in [5.41, 5.74) is 5.62. The van der Waals surface area contributed by atoms with E-state index in [-0.39, 0.29) is 13.0 Å². The van der Waals surface area contributed by atoms with Crippen LogP contribution >= 0.6 is 0 Å². The van der Waals surface area contributed by atoms with E-state index in [2.05, 4.69) is 10.6 Å². The van der Waals surface area contributed by atoms with Gasteiger partial charge in [-0.2, -0.15) is 5.26 Å². The Kier molecular flexibility index (Phi) is 6.57. The van der Waals surface area contributed by atoms with E-state index in [4.69, 9.17) is 11.0 Å². The van der Waals surface area contributed by atoms with Gasteiger partial charge in [0.2, 0.25) is 11.8 Å². The largest absolute Gasteiger partial charge is 0.368 e. The molecular weight excluding hydrogens is 284 g/mol. The van der Waals surface area contributed by atoms with E-state index in [0.29, 0.717) is 5.56 Å². The summed E-state index contributed by atoms with van der Waals surface area (Å²) in [5.74, 6) is -2.07. The monoisotopic (exact) mass is 302 g/mol. The highest BCUT2D eigenvalue weighted by Crippen LogP contribution is 2.04. The van der Waals surface area contributed by atoms with Gasteiger partial charge in [-0.15, -0.1) is 0 Å². The maximum atomic E-state index is 11.8. The molecule has 22 heavy (non-hydrogen) atoms. The van der Waals surface area contributed by atoms with Crippen LogP contribution in [0.1, 0.15) is 23.7 Å². The number of primary amides is 1. The molecule has 0 aliphatic carbocycles. The Morgan fingerprint density at radius 3 is 2.45 bits per heavy atom. The second-order valence-corrected chi connectivity index (χ2v) is 4.84. The molecule has 2 atom stereocenters. The lowest BCUT2D eigenvalue weighted by Crippen LogP contribution is -2.48. The quantitative estimate of drug-likeness (QED) is 0.652. The SMILES string of the molecule is C[C@@H](C#N)C[C@H](NC(=O)CNC(=O)c1ccccc1)C(N)=O. The van der Waals surface area contributed by atoms with Crippen molar-refractivity contribution in [1.82, 2.24) is 10.6 Å². The van der Waals surface area contributed by atoms with Gasteiger partial charge in [0.15, 0.2) is 0 Å². The summed E-state index contributed by atoms with van der Waals surface area (Å²) < 4.78 is 0. The van der Waals surface area contributed by atoms with Crippen LogP contribution in [0, 0.1) is 17.2 Å². The Bertz CT molecular complexity index is 580. The molecule has 1 aromatic rings. The molecule has 0 saturated carbocycles. The first-order valence-corrected chi connectivity index (χ1v) is 6.75. The van der Waals surface area contributed by atoms with Gasteiger partial charge in [0.25, 0.3) is 5.91 Å². The van der Waals surface area contributed by atoms with Crippen molar-refractivity contribution >= 4 is 17.7 Å². The average Bonchev–Trinajstić information content (AvgIpc) is 2.52. The zero-order valence-electron chi connectivity index (χ0n) is 12.2. The van der Waals surface area contributed by atoms with Gasteiger partial charge in [-0.3, -0.25) is 14.4 Å². The number of hydrogen-bond donors (Lipinski definition) is 3. The molecule has 1 rings (SSSR count). The standard InChI is InChI=1S/C15H18N4O3/c1-10(8-16)7-12(14(17)21)19-13(20)9-18-15(22)11-5-3-2-4-6-11/h2-6,10,12H,7,9H2,1H3,(H2,17,21)(H,18,22)(H,19,20)/t10-,12+/m1/s1. The van der Waals surface area contributed by atoms with Crippen LogP contribution in [0.4, 0.5) is 0 Å². The van der Waals surface area contributed by atoms with Gasteiger partial charge in [-0.05, 0) is 25.5 Å². The first-order valence-electron chi connectivity index (χ1n) is 6.75. The second-order valence-electron chi connectivity index (χ2n) is 4.84. The fourth-order valence-electron chi connectivity index (χ4n) is 1.75. The van der Waals surface area contributed by atoms with Crippen molar-refractivity contribution in [3.8, 4) is 6.07 Å². The third-order valence-corrected chi connectivity index (χ3v) is 2.93. The summed E-state index contributed by atoms with van der Waals surface area (Å²) in [7, 11) is 0. The summed E-state index contributed by atoms with van der Waals surface area (Å²) in [5, 5.41) is 13.6. The van der Waals surface area contributed by atoms with Gasteiger partial charge < -0.3 is 16.4 Å². The van der Waals surface area contributed by atoms with E-state index in [0.717, 1.165) is 0 Å². The van der Waals surface area contributed by atoms with Crippen molar-refractivity contribution in [3.05, 3.63) is 35.9 Å². The Hall–Kier alpha value is -2.88. The molecule has 0 spiro atoms. The Morgan fingerprint density at radius 1 is 1.27 bits per heavy atom. The summed E-state index contributed by atoms with van der Waals surface area (Å²) in [6.45, 7) is 1.34. The van der Waals surface area contributed by atoms with E-state index in [9.17, 15) is 14.4 Å². The lowest BCUT2D eigenvalue weighted by molar-refractivity contribution is -0.127. The number of carbonyl (C=O) groups is 3. The van der Waals surface area contributed by atoms with Crippen molar-refractivity contribution in [2.24, 2.45) is 11.7 Å². The molecule has 4 N–H and O–H groups in total. The van der Waals surface area contributed by atoms with E-state index in [1.807, 2.05) is 6.07 Å². The van der Waals surface area contributed by atoms with Gasteiger partial charge in [0.1, 0.15) is 6.04 Å². The van der Waals surface area contributed by atoms with Crippen LogP contribution < -0.4 is 16.4 Å². The first-order chi connectivity index (χ1) is 10.4. The van der Waals surface area contributed by atoms with Crippen molar-refractivity contribution in [1.29, 1.82) is 5.26 Å². The van der Waals surface area contributed by atoms with Crippen LogP contribution in [-0.4, -0.2) is 30.3 Å². The third-order valence-electron chi connectivity index (χ3n) is 2.93. The highest BCUT2D eigenvalue weighted by atomic mass is 16.2. The second kappa shape index (κ2) is 8.42. The smallest absolute Gasteiger partial charge is 0.251 e. The fraction of sp³-hybridized carbons (Fsp3) is 0.333. The number of hydrogen-bond acceptors (Lipinski definition) is 4. The lowest BCUT2D eigenvalue weighted by atomic mass is 10.0. The van der Waals surface area contributed by atoms with E-state index in [1.54, 1.807) is 37.3 Å². The lowest BCUT2D eigenvalue weighted by Gasteiger charge is -2.16. The number of nitrogens with zero attached hydrogens (tertiary/aromatic N) is 1. The van der Waals surface area contributed by atoms with Gasteiger partial charge in [-0.25, -0.2) is 0 Å². The Morgan fingerprint density at radius 2 is 1.91 bits per heavy atom. The maximum absolute atomic E-state index is 11.8. The normalized spacial score (nSPS) is 12.5. The number of nitrogens with two attached hydrogens (primary N) is 1. The molecule has 0 aliphatic heterocycles. The van der Waals surface area contributed by atoms with Crippen LogP contribution in [0.3, 0.4) is 0 Å². The first kappa shape index (κ1) is 17.2. The highest BCUT2D eigenvalue weighted by molar-refractivity contribution is 5.97. The number of carbonyl (C=O) groups excluding carboxylic acids is 3. The molecule has 7 heteroatoms. The fourth-order valence-corrected chi connectivity index (χ4v) is 1.75. The zero-order chi connectivity index (χ0) is 16.5. The number of amides is 3. The van der Waals surface area contributed by atoms with E-state index in [1.165, 1.54) is 0 Å². The number of rotatable bonds is 7. The molecule has 0 aromatic heterocycles. The zero-order valence-corrected chi connectivity index (χ0v) is 12.2. The molecular formula is C15H18N4O3.